The minimum Gasteiger partial charge on any atom is -0.228 e. The predicted octanol–water partition coefficient (Wildman–Crippen LogP) is 18.2. The molecule has 2 heteroatoms. The summed E-state index contributed by atoms with van der Waals surface area (Å²) < 4.78 is 0. The third-order valence-electron chi connectivity index (χ3n) is 14.6. The van der Waals surface area contributed by atoms with E-state index >= 15 is 0 Å². The number of nitrogens with zero attached hydrogens (tertiary/aromatic N) is 2. The van der Waals surface area contributed by atoms with E-state index in [-0.39, 0.29) is 0 Å². The van der Waals surface area contributed by atoms with Crippen molar-refractivity contribution in [1.82, 2.24) is 9.97 Å². The first kappa shape index (κ1) is 43.5. The number of hydrogen-bond acceptors (Lipinski definition) is 2. The molecule has 0 saturated carbocycles. The molecule has 0 spiro atoms. The molecule has 1 aliphatic rings. The summed E-state index contributed by atoms with van der Waals surface area (Å²) in [4.78, 5) is 10.6. The molecule has 0 fully saturated rings. The second-order valence-corrected chi connectivity index (χ2v) is 18.9. The Labute approximate surface area is 427 Å². The molecule has 0 saturated heterocycles. The lowest BCUT2D eigenvalue weighted by Gasteiger charge is -2.34. The molecule has 0 aliphatic heterocycles. The number of hydrogen-bond donors (Lipinski definition) is 0. The minimum atomic E-state index is -0.541. The molecule has 342 valence electrons. The average molecular weight is 929 g/mol. The van der Waals surface area contributed by atoms with Crippen LogP contribution in [-0.4, -0.2) is 9.97 Å². The molecule has 11 aromatic carbocycles. The summed E-state index contributed by atoms with van der Waals surface area (Å²) in [5.41, 5.74) is 23.4. The maximum Gasteiger partial charge on any atom is 0.160 e. The van der Waals surface area contributed by atoms with Gasteiger partial charge in [-0.05, 0) is 125 Å². The number of benzene rings is 11. The Morgan fingerprint density at radius 3 is 1.22 bits per heavy atom. The Morgan fingerprint density at radius 1 is 0.205 bits per heavy atom. The number of fused-ring (bicyclic) bond motifs is 3. The molecule has 0 N–H and O–H groups in total. The molecule has 73 heavy (non-hydrogen) atoms. The predicted molar refractivity (Wildman–Crippen MR) is 303 cm³/mol. The standard InChI is InChI=1S/C71H48N2/c1-6-21-49(22-7-1)51-39-41-52(42-40-51)63-46-65-62-37-16-17-38-66(62)71(60-33-12-4-13-34-60,61-35-14-5-15-36-61)67(65)47-64(63)57-30-18-28-55(43-57)56-29-20-32-59(45-56)70-72-68(53-25-10-3-11-26-53)48-69(73-70)58-31-19-27-54(44-58)50-23-8-2-9-24-50/h1-48H. The molecule has 1 heterocycles. The van der Waals surface area contributed by atoms with Crippen molar-refractivity contribution in [3.05, 3.63) is 313 Å². The van der Waals surface area contributed by atoms with E-state index < -0.39 is 5.41 Å². The fourth-order valence-corrected chi connectivity index (χ4v) is 11.1. The maximum absolute atomic E-state index is 5.31. The van der Waals surface area contributed by atoms with Crippen molar-refractivity contribution in [3.8, 4) is 101 Å². The van der Waals surface area contributed by atoms with E-state index in [1.165, 1.54) is 66.8 Å². The van der Waals surface area contributed by atoms with Crippen LogP contribution < -0.4 is 0 Å². The molecule has 13 rings (SSSR count). The zero-order valence-corrected chi connectivity index (χ0v) is 40.1. The van der Waals surface area contributed by atoms with E-state index in [1.54, 1.807) is 0 Å². The minimum absolute atomic E-state index is 0.541. The van der Waals surface area contributed by atoms with Crippen molar-refractivity contribution < 1.29 is 0 Å². The first-order valence-corrected chi connectivity index (χ1v) is 25.0. The van der Waals surface area contributed by atoms with Crippen LogP contribution in [0.3, 0.4) is 0 Å². The average Bonchev–Trinajstić information content (AvgIpc) is 3.78. The molecule has 0 radical (unpaired) electrons. The number of rotatable bonds is 10. The fourth-order valence-electron chi connectivity index (χ4n) is 11.1. The van der Waals surface area contributed by atoms with Crippen LogP contribution >= 0.6 is 0 Å². The van der Waals surface area contributed by atoms with E-state index in [0.29, 0.717) is 5.82 Å². The van der Waals surface area contributed by atoms with Crippen molar-refractivity contribution in [2.75, 3.05) is 0 Å². The van der Waals surface area contributed by atoms with Gasteiger partial charge in [0.2, 0.25) is 0 Å². The molecule has 2 nitrogen and oxygen atoms in total. The third kappa shape index (κ3) is 7.96. The molecule has 0 atom stereocenters. The van der Waals surface area contributed by atoms with Gasteiger partial charge < -0.3 is 0 Å². The molecular formula is C71H48N2. The topological polar surface area (TPSA) is 25.8 Å². The van der Waals surface area contributed by atoms with Gasteiger partial charge in [-0.25, -0.2) is 9.97 Å². The Bertz CT molecular complexity index is 3880. The Morgan fingerprint density at radius 2 is 0.603 bits per heavy atom. The van der Waals surface area contributed by atoms with Crippen molar-refractivity contribution in [1.29, 1.82) is 0 Å². The van der Waals surface area contributed by atoms with Crippen molar-refractivity contribution in [2.24, 2.45) is 0 Å². The third-order valence-corrected chi connectivity index (χ3v) is 14.6. The van der Waals surface area contributed by atoms with E-state index in [9.17, 15) is 0 Å². The normalized spacial score (nSPS) is 12.2. The van der Waals surface area contributed by atoms with Gasteiger partial charge in [-0.1, -0.05) is 255 Å². The second kappa shape index (κ2) is 18.7. The SMILES string of the molecule is c1ccc(-c2ccc(-c3cc4c(cc3-c3cccc(-c5cccc(-c6nc(-c7ccccc7)cc(-c7cccc(-c8ccccc8)c7)n6)c5)c3)C(c3ccccc3)(c3ccccc3)c3ccccc3-4)cc2)cc1. The molecule has 0 unspecified atom stereocenters. The highest BCUT2D eigenvalue weighted by Crippen LogP contribution is 2.58. The first-order chi connectivity index (χ1) is 36.2. The van der Waals surface area contributed by atoms with Crippen LogP contribution in [0.15, 0.2) is 291 Å². The van der Waals surface area contributed by atoms with E-state index in [1.807, 2.05) is 6.07 Å². The Kier molecular flexibility index (Phi) is 11.1. The lowest BCUT2D eigenvalue weighted by atomic mass is 9.67. The van der Waals surface area contributed by atoms with Crippen molar-refractivity contribution in [3.63, 3.8) is 0 Å². The molecule has 0 amide bonds. The monoisotopic (exact) mass is 928 g/mol. The van der Waals surface area contributed by atoms with Crippen LogP contribution in [0.2, 0.25) is 0 Å². The Balaban J connectivity index is 0.971. The van der Waals surface area contributed by atoms with Gasteiger partial charge in [0, 0.05) is 16.7 Å². The largest absolute Gasteiger partial charge is 0.228 e. The van der Waals surface area contributed by atoms with Gasteiger partial charge >= 0.3 is 0 Å². The lowest BCUT2D eigenvalue weighted by Crippen LogP contribution is -2.28. The fraction of sp³-hybridized carbons (Fsp3) is 0.0141. The zero-order chi connectivity index (χ0) is 48.6. The van der Waals surface area contributed by atoms with Gasteiger partial charge in [-0.2, -0.15) is 0 Å². The second-order valence-electron chi connectivity index (χ2n) is 18.9. The molecule has 1 aromatic heterocycles. The van der Waals surface area contributed by atoms with Gasteiger partial charge in [0.25, 0.3) is 0 Å². The molecule has 1 aliphatic carbocycles. The van der Waals surface area contributed by atoms with Gasteiger partial charge in [0.1, 0.15) is 0 Å². The van der Waals surface area contributed by atoms with E-state index in [2.05, 4.69) is 285 Å². The smallest absolute Gasteiger partial charge is 0.160 e. The summed E-state index contributed by atoms with van der Waals surface area (Å²) in [5.74, 6) is 0.678. The summed E-state index contributed by atoms with van der Waals surface area (Å²) in [6.45, 7) is 0. The summed E-state index contributed by atoms with van der Waals surface area (Å²) in [6, 6.07) is 105. The summed E-state index contributed by atoms with van der Waals surface area (Å²) in [5, 5.41) is 0. The molecule has 12 aromatic rings. The molecule has 0 bridgehead atoms. The van der Waals surface area contributed by atoms with Crippen LogP contribution in [0, 0.1) is 0 Å². The van der Waals surface area contributed by atoms with E-state index in [0.717, 1.165) is 50.3 Å². The van der Waals surface area contributed by atoms with Gasteiger partial charge in [-0.3, -0.25) is 0 Å². The van der Waals surface area contributed by atoms with Gasteiger partial charge in [0.15, 0.2) is 5.82 Å². The number of aromatic nitrogens is 2. The quantitative estimate of drug-likeness (QED) is 0.137. The van der Waals surface area contributed by atoms with Gasteiger partial charge in [-0.15, -0.1) is 0 Å². The summed E-state index contributed by atoms with van der Waals surface area (Å²) >= 11 is 0. The van der Waals surface area contributed by atoms with Crippen LogP contribution in [-0.2, 0) is 5.41 Å². The highest BCUT2D eigenvalue weighted by molar-refractivity contribution is 5.96. The highest BCUT2D eigenvalue weighted by atomic mass is 14.9. The van der Waals surface area contributed by atoms with E-state index in [4.69, 9.17) is 9.97 Å². The summed E-state index contributed by atoms with van der Waals surface area (Å²) in [7, 11) is 0. The van der Waals surface area contributed by atoms with Crippen LogP contribution in [0.5, 0.6) is 0 Å². The molecular weight excluding hydrogens is 881 g/mol. The van der Waals surface area contributed by atoms with Crippen LogP contribution in [0.25, 0.3) is 101 Å². The first-order valence-electron chi connectivity index (χ1n) is 25.0. The van der Waals surface area contributed by atoms with Gasteiger partial charge in [0.05, 0.1) is 16.8 Å². The van der Waals surface area contributed by atoms with Crippen molar-refractivity contribution >= 4 is 0 Å². The maximum atomic E-state index is 5.31. The van der Waals surface area contributed by atoms with Crippen LogP contribution in [0.4, 0.5) is 0 Å². The van der Waals surface area contributed by atoms with Crippen molar-refractivity contribution in [2.45, 2.75) is 5.41 Å². The zero-order valence-electron chi connectivity index (χ0n) is 40.1. The highest BCUT2D eigenvalue weighted by Gasteiger charge is 2.46. The van der Waals surface area contributed by atoms with Crippen LogP contribution in [0.1, 0.15) is 22.3 Å². The lowest BCUT2D eigenvalue weighted by molar-refractivity contribution is 0.769. The summed E-state index contributed by atoms with van der Waals surface area (Å²) in [6.07, 6.45) is 0. The Hall–Kier alpha value is -9.50.